The molecule has 0 spiro atoms. The molecule has 14 nitrogen and oxygen atoms in total. The first-order chi connectivity index (χ1) is 30.9. The van der Waals surface area contributed by atoms with Gasteiger partial charge in [0.2, 0.25) is 0 Å². The Hall–Kier alpha value is -3.52. The molecule has 0 radical (unpaired) electrons. The van der Waals surface area contributed by atoms with Crippen molar-refractivity contribution in [3.8, 4) is 0 Å². The Balaban J connectivity index is 4.74. The van der Waals surface area contributed by atoms with E-state index >= 15 is 0 Å². The lowest BCUT2D eigenvalue weighted by Gasteiger charge is -2.20. The van der Waals surface area contributed by atoms with E-state index < -0.39 is 66.2 Å². The van der Waals surface area contributed by atoms with E-state index in [1.807, 2.05) is 30.4 Å². The zero-order valence-electron chi connectivity index (χ0n) is 37.8. The van der Waals surface area contributed by atoms with Gasteiger partial charge in [0.15, 0.2) is 6.10 Å². The summed E-state index contributed by atoms with van der Waals surface area (Å²) in [5.41, 5.74) is 0. The van der Waals surface area contributed by atoms with E-state index in [2.05, 4.69) is 107 Å². The van der Waals surface area contributed by atoms with Gasteiger partial charge in [0.1, 0.15) is 12.7 Å². The summed E-state index contributed by atoms with van der Waals surface area (Å²) < 4.78 is 47.6. The molecule has 64 heavy (non-hydrogen) atoms. The van der Waals surface area contributed by atoms with E-state index in [0.29, 0.717) is 25.7 Å². The molecule has 5 N–H and O–H groups in total. The Morgan fingerprint density at radius 1 is 0.484 bits per heavy atom. The fourth-order valence-corrected chi connectivity index (χ4v) is 6.21. The van der Waals surface area contributed by atoms with Crippen LogP contribution in [-0.4, -0.2) is 82.1 Å². The summed E-state index contributed by atoms with van der Waals surface area (Å²) in [5.74, 6) is -1.22. The van der Waals surface area contributed by atoms with Gasteiger partial charge in [-0.1, -0.05) is 135 Å². The van der Waals surface area contributed by atoms with Crippen LogP contribution >= 0.6 is 15.6 Å². The van der Waals surface area contributed by atoms with Crippen molar-refractivity contribution in [2.75, 3.05) is 33.0 Å². The topological polar surface area (TPSA) is 216 Å². The van der Waals surface area contributed by atoms with Gasteiger partial charge >= 0.3 is 27.6 Å². The summed E-state index contributed by atoms with van der Waals surface area (Å²) in [6.07, 6.45) is 52.2. The number of phosphoric acid groups is 2. The highest BCUT2D eigenvalue weighted by molar-refractivity contribution is 7.47. The highest BCUT2D eigenvalue weighted by Crippen LogP contribution is 2.43. The lowest BCUT2D eigenvalue weighted by Crippen LogP contribution is -2.29. The monoisotopic (exact) mass is 938 g/mol. The predicted octanol–water partition coefficient (Wildman–Crippen LogP) is 10.6. The lowest BCUT2D eigenvalue weighted by molar-refractivity contribution is -0.161. The van der Waals surface area contributed by atoms with Crippen molar-refractivity contribution in [2.45, 2.75) is 135 Å². The van der Waals surface area contributed by atoms with Gasteiger partial charge in [0.05, 0.1) is 19.8 Å². The molecule has 0 amide bonds. The Bertz CT molecular complexity index is 1590. The summed E-state index contributed by atoms with van der Waals surface area (Å²) in [7, 11) is -9.74. The molecule has 0 bridgehead atoms. The zero-order valence-corrected chi connectivity index (χ0v) is 39.6. The smallest absolute Gasteiger partial charge is 0.462 e. The number of ether oxygens (including phenoxy) is 2. The largest absolute Gasteiger partial charge is 0.472 e. The highest BCUT2D eigenvalue weighted by Gasteiger charge is 2.28. The highest BCUT2D eigenvalue weighted by atomic mass is 31.2. The van der Waals surface area contributed by atoms with E-state index in [4.69, 9.17) is 28.9 Å². The van der Waals surface area contributed by atoms with E-state index in [1.165, 1.54) is 0 Å². The number of esters is 2. The molecule has 0 aromatic heterocycles. The van der Waals surface area contributed by atoms with Gasteiger partial charge in [0.25, 0.3) is 0 Å². The van der Waals surface area contributed by atoms with E-state index in [9.17, 15) is 28.7 Å². The number of carbonyl (C=O) groups excluding carboxylic acids is 2. The lowest BCUT2D eigenvalue weighted by atomic mass is 10.2. The van der Waals surface area contributed by atoms with Crippen LogP contribution in [0.25, 0.3) is 0 Å². The average Bonchev–Trinajstić information content (AvgIpc) is 3.26. The second kappa shape index (κ2) is 43.4. The normalized spacial score (nSPS) is 15.0. The average molecular weight is 939 g/mol. The standard InChI is InChI=1S/C48H76O14P2/c1-2-3-4-5-6-7-8-9-10-11-12-14-18-21-24-27-30-33-36-39-48(52)62-46(44-61-64(56,57)60-42-45(50)41-59-63(53,54)55)43-58-47(51)38-35-32-29-26-23-20-17-15-13-16-19-22-25-28-31-34-37-40-49/h3-4,6-7,9-10,12-14,16-17,20-22,24-26,29-30,33,45-46,49-50H,2,5,8,11,15,18-19,23,27-28,31-32,34-44H2,1H3,(H,56,57)(H2,53,54,55)/b4-3-,7-6-,10-9-,14-12-,16-13-,20-17-,24-21-,25-22-,29-26-,33-30-/t45-,46+/m0/s1. The maximum Gasteiger partial charge on any atom is 0.472 e. The third-order valence-corrected chi connectivity index (χ3v) is 9.83. The predicted molar refractivity (Wildman–Crippen MR) is 254 cm³/mol. The number of rotatable bonds is 41. The minimum atomic E-state index is -4.89. The number of phosphoric ester groups is 2. The van der Waals surface area contributed by atoms with Crippen molar-refractivity contribution in [3.63, 3.8) is 0 Å². The van der Waals surface area contributed by atoms with Crippen LogP contribution in [0.2, 0.25) is 0 Å². The van der Waals surface area contributed by atoms with E-state index in [1.54, 1.807) is 0 Å². The molecule has 0 aliphatic heterocycles. The van der Waals surface area contributed by atoms with Crippen molar-refractivity contribution in [2.24, 2.45) is 0 Å². The molecule has 16 heteroatoms. The Morgan fingerprint density at radius 3 is 1.38 bits per heavy atom. The molecule has 362 valence electrons. The molecule has 0 saturated carbocycles. The molecular formula is C48H76O14P2. The van der Waals surface area contributed by atoms with Gasteiger partial charge in [-0.05, 0) is 96.3 Å². The second-order valence-corrected chi connectivity index (χ2v) is 17.0. The van der Waals surface area contributed by atoms with Crippen LogP contribution in [-0.2, 0) is 41.8 Å². The summed E-state index contributed by atoms with van der Waals surface area (Å²) in [5, 5.41) is 18.5. The number of hydrogen-bond donors (Lipinski definition) is 5. The van der Waals surface area contributed by atoms with Gasteiger partial charge in [-0.3, -0.25) is 23.2 Å². The van der Waals surface area contributed by atoms with E-state index in [-0.39, 0.29) is 19.4 Å². The molecular weight excluding hydrogens is 862 g/mol. The van der Waals surface area contributed by atoms with Gasteiger partial charge in [0, 0.05) is 19.4 Å². The van der Waals surface area contributed by atoms with Gasteiger partial charge in [-0.25, -0.2) is 9.13 Å². The zero-order chi connectivity index (χ0) is 47.3. The number of hydrogen-bond acceptors (Lipinski definition) is 11. The SMILES string of the molecule is CC/C=C\C/C=C\C/C=C\C/C=C\C/C=C\C/C=C\CCC(=O)O[C@H](COC(=O)CCC/C=C\C/C=C\C/C=C\C/C=C\CCCCCO)COP(=O)(O)OC[C@@H](O)COP(=O)(O)O. The molecule has 1 unspecified atom stereocenters. The van der Waals surface area contributed by atoms with Crippen molar-refractivity contribution >= 4 is 27.6 Å². The first-order valence-electron chi connectivity index (χ1n) is 22.3. The molecule has 0 heterocycles. The molecule has 0 saturated heterocycles. The minimum absolute atomic E-state index is 0.0186. The Labute approximate surface area is 382 Å². The number of unbranched alkanes of at least 4 members (excludes halogenated alkanes) is 4. The minimum Gasteiger partial charge on any atom is -0.462 e. The maximum absolute atomic E-state index is 12.6. The summed E-state index contributed by atoms with van der Waals surface area (Å²) >= 11 is 0. The van der Waals surface area contributed by atoms with Crippen molar-refractivity contribution in [1.29, 1.82) is 0 Å². The molecule has 0 aliphatic carbocycles. The van der Waals surface area contributed by atoms with Crippen LogP contribution in [0.15, 0.2) is 122 Å². The molecule has 3 atom stereocenters. The molecule has 0 fully saturated rings. The van der Waals surface area contributed by atoms with Crippen LogP contribution in [0.5, 0.6) is 0 Å². The van der Waals surface area contributed by atoms with Crippen molar-refractivity contribution < 1.29 is 66.7 Å². The van der Waals surface area contributed by atoms with Crippen LogP contribution in [0, 0.1) is 0 Å². The van der Waals surface area contributed by atoms with Gasteiger partial charge < -0.3 is 34.4 Å². The van der Waals surface area contributed by atoms with E-state index in [0.717, 1.165) is 77.0 Å². The van der Waals surface area contributed by atoms with Gasteiger partial charge in [-0.2, -0.15) is 0 Å². The maximum atomic E-state index is 12.6. The summed E-state index contributed by atoms with van der Waals surface area (Å²) in [6, 6.07) is 0. The van der Waals surface area contributed by atoms with Crippen LogP contribution in [0.3, 0.4) is 0 Å². The quantitative estimate of drug-likeness (QED) is 0.0167. The third kappa shape index (κ3) is 46.5. The van der Waals surface area contributed by atoms with Crippen LogP contribution in [0.1, 0.15) is 122 Å². The fraction of sp³-hybridized carbons (Fsp3) is 0.542. The molecule has 0 aromatic carbocycles. The summed E-state index contributed by atoms with van der Waals surface area (Å²) in [4.78, 5) is 52.7. The van der Waals surface area contributed by atoms with Crippen molar-refractivity contribution in [3.05, 3.63) is 122 Å². The Morgan fingerprint density at radius 2 is 0.906 bits per heavy atom. The number of carbonyl (C=O) groups is 2. The number of aliphatic hydroxyl groups is 2. The van der Waals surface area contributed by atoms with Crippen molar-refractivity contribution in [1.82, 2.24) is 0 Å². The number of allylic oxidation sites excluding steroid dienone is 20. The number of aliphatic hydroxyl groups excluding tert-OH is 2. The van der Waals surface area contributed by atoms with Crippen LogP contribution in [0.4, 0.5) is 0 Å². The summed E-state index contributed by atoms with van der Waals surface area (Å²) in [6.45, 7) is -0.524. The molecule has 0 rings (SSSR count). The first-order valence-corrected chi connectivity index (χ1v) is 25.4. The second-order valence-electron chi connectivity index (χ2n) is 14.3. The molecule has 0 aromatic rings. The Kier molecular flexibility index (Phi) is 41.0. The fourth-order valence-electron chi connectivity index (χ4n) is 5.05. The van der Waals surface area contributed by atoms with Gasteiger partial charge in [-0.15, -0.1) is 0 Å². The van der Waals surface area contributed by atoms with Crippen LogP contribution < -0.4 is 0 Å². The molecule has 0 aliphatic rings. The third-order valence-electron chi connectivity index (χ3n) is 8.39. The first kappa shape index (κ1) is 60.5.